The number of carbonyl (C=O) groups is 2. The molecule has 0 saturated carbocycles. The Hall–Kier alpha value is -2.70. The molecule has 7 heteroatoms. The molecule has 2 aromatic rings. The molecule has 7 nitrogen and oxygen atoms in total. The molecule has 1 saturated heterocycles. The van der Waals surface area contributed by atoms with Gasteiger partial charge < -0.3 is 14.4 Å². The molecule has 23 heavy (non-hydrogen) atoms. The van der Waals surface area contributed by atoms with Crippen molar-refractivity contribution in [2.45, 2.75) is 13.3 Å². The minimum atomic E-state index is -0.870. The number of hydrogen-bond donors (Lipinski definition) is 1. The third kappa shape index (κ3) is 3.23. The summed E-state index contributed by atoms with van der Waals surface area (Å²) in [7, 11) is 0. The number of hydrogen-bond acceptors (Lipinski definition) is 5. The summed E-state index contributed by atoms with van der Waals surface area (Å²) in [6.07, 6.45) is 5.13. The van der Waals surface area contributed by atoms with Crippen LogP contribution in [0.15, 0.2) is 35.2 Å². The van der Waals surface area contributed by atoms with Crippen molar-refractivity contribution in [3.8, 4) is 11.5 Å². The van der Waals surface area contributed by atoms with Crippen LogP contribution in [0.25, 0.3) is 11.5 Å². The molecule has 0 aliphatic carbocycles. The van der Waals surface area contributed by atoms with Crippen molar-refractivity contribution < 1.29 is 19.1 Å². The molecular weight excluding hydrogens is 298 g/mol. The van der Waals surface area contributed by atoms with E-state index in [0.29, 0.717) is 24.4 Å². The van der Waals surface area contributed by atoms with E-state index < -0.39 is 11.9 Å². The Labute approximate surface area is 133 Å². The summed E-state index contributed by atoms with van der Waals surface area (Å²) in [5, 5.41) is 9.20. The Balaban J connectivity index is 1.78. The van der Waals surface area contributed by atoms with E-state index >= 15 is 0 Å². The summed E-state index contributed by atoms with van der Waals surface area (Å²) in [5.41, 5.74) is 0.865. The quantitative estimate of drug-likeness (QED) is 0.929. The van der Waals surface area contributed by atoms with E-state index in [2.05, 4.69) is 9.97 Å². The number of amides is 1. The van der Waals surface area contributed by atoms with Gasteiger partial charge in [0.05, 0.1) is 11.5 Å². The van der Waals surface area contributed by atoms with Gasteiger partial charge in [-0.2, -0.15) is 0 Å². The van der Waals surface area contributed by atoms with Crippen molar-refractivity contribution in [1.29, 1.82) is 0 Å². The zero-order valence-electron chi connectivity index (χ0n) is 12.7. The van der Waals surface area contributed by atoms with Crippen LogP contribution in [0.4, 0.5) is 0 Å². The molecule has 0 bridgehead atoms. The molecule has 3 rings (SSSR count). The number of carboxylic acid groups (broad SMARTS) is 1. The van der Waals surface area contributed by atoms with E-state index in [1.165, 1.54) is 11.2 Å². The maximum atomic E-state index is 12.6. The van der Waals surface area contributed by atoms with Crippen LogP contribution in [0.3, 0.4) is 0 Å². The molecule has 2 aromatic heterocycles. The fraction of sp³-hybridized carbons (Fsp3) is 0.375. The number of rotatable bonds is 3. The van der Waals surface area contributed by atoms with E-state index in [9.17, 15) is 14.7 Å². The largest absolute Gasteiger partial charge is 0.481 e. The second-order valence-corrected chi connectivity index (χ2v) is 5.87. The van der Waals surface area contributed by atoms with Crippen molar-refractivity contribution in [3.63, 3.8) is 0 Å². The normalized spacial score (nSPS) is 21.2. The van der Waals surface area contributed by atoms with Crippen LogP contribution in [-0.4, -0.2) is 44.9 Å². The maximum absolute atomic E-state index is 12.6. The van der Waals surface area contributed by atoms with Gasteiger partial charge in [0.15, 0.2) is 5.69 Å². The van der Waals surface area contributed by atoms with Gasteiger partial charge in [0.1, 0.15) is 6.26 Å². The maximum Gasteiger partial charge on any atom is 0.308 e. The third-order valence-electron chi connectivity index (χ3n) is 3.93. The first-order valence-electron chi connectivity index (χ1n) is 7.42. The highest BCUT2D eigenvalue weighted by Crippen LogP contribution is 2.24. The average molecular weight is 315 g/mol. The predicted octanol–water partition coefficient (Wildman–Crippen LogP) is 1.92. The van der Waals surface area contributed by atoms with Gasteiger partial charge in [-0.1, -0.05) is 6.92 Å². The molecule has 120 valence electrons. The number of likely N-dealkylation sites (tertiary alicyclic amines) is 1. The Bertz CT molecular complexity index is 713. The van der Waals surface area contributed by atoms with E-state index in [1.807, 2.05) is 6.92 Å². The number of aromatic nitrogens is 2. The van der Waals surface area contributed by atoms with Crippen LogP contribution in [0.1, 0.15) is 23.8 Å². The van der Waals surface area contributed by atoms with Crippen molar-refractivity contribution in [2.75, 3.05) is 13.1 Å². The second kappa shape index (κ2) is 6.20. The molecule has 1 aliphatic heterocycles. The van der Waals surface area contributed by atoms with Crippen LogP contribution in [0.5, 0.6) is 0 Å². The number of carboxylic acids is 1. The first-order valence-corrected chi connectivity index (χ1v) is 7.42. The highest BCUT2D eigenvalue weighted by molar-refractivity contribution is 5.92. The lowest BCUT2D eigenvalue weighted by atomic mass is 9.90. The average Bonchev–Trinajstić information content (AvgIpc) is 3.04. The SMILES string of the molecule is CC1CC(C(=O)O)CN(C(=O)c2coc(-c3cccnc3)n2)C1. The first-order chi connectivity index (χ1) is 11.0. The van der Waals surface area contributed by atoms with Gasteiger partial charge >= 0.3 is 5.97 Å². The molecule has 1 aliphatic rings. The highest BCUT2D eigenvalue weighted by atomic mass is 16.4. The number of oxazole rings is 1. The second-order valence-electron chi connectivity index (χ2n) is 5.87. The molecule has 1 N–H and O–H groups in total. The lowest BCUT2D eigenvalue weighted by Crippen LogP contribution is -2.45. The summed E-state index contributed by atoms with van der Waals surface area (Å²) < 4.78 is 5.35. The number of aliphatic carboxylic acids is 1. The predicted molar refractivity (Wildman–Crippen MR) is 80.5 cm³/mol. The topological polar surface area (TPSA) is 96.5 Å². The lowest BCUT2D eigenvalue weighted by Gasteiger charge is -2.34. The van der Waals surface area contributed by atoms with Gasteiger partial charge in [-0.25, -0.2) is 4.98 Å². The number of nitrogens with zero attached hydrogens (tertiary/aromatic N) is 3. The Morgan fingerprint density at radius 2 is 2.22 bits per heavy atom. The molecule has 2 unspecified atom stereocenters. The van der Waals surface area contributed by atoms with Gasteiger partial charge in [-0.3, -0.25) is 14.6 Å². The minimum Gasteiger partial charge on any atom is -0.481 e. The Morgan fingerprint density at radius 1 is 1.39 bits per heavy atom. The van der Waals surface area contributed by atoms with Gasteiger partial charge in [-0.05, 0) is 24.5 Å². The van der Waals surface area contributed by atoms with Gasteiger partial charge in [-0.15, -0.1) is 0 Å². The fourth-order valence-corrected chi connectivity index (χ4v) is 2.85. The fourth-order valence-electron chi connectivity index (χ4n) is 2.85. The first kappa shape index (κ1) is 15.2. The van der Waals surface area contributed by atoms with E-state index in [-0.39, 0.29) is 24.1 Å². The molecule has 3 heterocycles. The van der Waals surface area contributed by atoms with Crippen LogP contribution < -0.4 is 0 Å². The van der Waals surface area contributed by atoms with Crippen LogP contribution >= 0.6 is 0 Å². The van der Waals surface area contributed by atoms with Crippen LogP contribution in [0.2, 0.25) is 0 Å². The van der Waals surface area contributed by atoms with Crippen molar-refractivity contribution in [2.24, 2.45) is 11.8 Å². The highest BCUT2D eigenvalue weighted by Gasteiger charge is 2.33. The summed E-state index contributed by atoms with van der Waals surface area (Å²) in [6.45, 7) is 2.67. The van der Waals surface area contributed by atoms with Gasteiger partial charge in [0.2, 0.25) is 5.89 Å². The monoisotopic (exact) mass is 315 g/mol. The number of piperidine rings is 1. The molecule has 2 atom stereocenters. The van der Waals surface area contributed by atoms with Crippen molar-refractivity contribution in [3.05, 3.63) is 36.5 Å². The molecule has 0 spiro atoms. The lowest BCUT2D eigenvalue weighted by molar-refractivity contribution is -0.143. The van der Waals surface area contributed by atoms with Gasteiger partial charge in [0, 0.05) is 25.5 Å². The summed E-state index contributed by atoms with van der Waals surface area (Å²) in [4.78, 5) is 33.5. The zero-order chi connectivity index (χ0) is 16.4. The van der Waals surface area contributed by atoms with Crippen molar-refractivity contribution >= 4 is 11.9 Å². The molecule has 1 fully saturated rings. The zero-order valence-corrected chi connectivity index (χ0v) is 12.7. The Kier molecular flexibility index (Phi) is 4.10. The third-order valence-corrected chi connectivity index (χ3v) is 3.93. The molecule has 0 radical (unpaired) electrons. The molecule has 0 aromatic carbocycles. The molecular formula is C16H17N3O4. The Morgan fingerprint density at radius 3 is 2.91 bits per heavy atom. The summed E-state index contributed by atoms with van der Waals surface area (Å²) >= 11 is 0. The number of carbonyl (C=O) groups excluding carboxylic acids is 1. The van der Waals surface area contributed by atoms with E-state index in [1.54, 1.807) is 24.5 Å². The van der Waals surface area contributed by atoms with E-state index in [0.717, 1.165) is 0 Å². The minimum absolute atomic E-state index is 0.137. The summed E-state index contributed by atoms with van der Waals surface area (Å²) in [5.74, 6) is -1.25. The number of pyridine rings is 1. The smallest absolute Gasteiger partial charge is 0.308 e. The van der Waals surface area contributed by atoms with Crippen molar-refractivity contribution in [1.82, 2.24) is 14.9 Å². The van der Waals surface area contributed by atoms with Gasteiger partial charge in [0.25, 0.3) is 5.91 Å². The standard InChI is InChI=1S/C16H17N3O4/c1-10-5-12(16(21)22)8-19(7-10)15(20)13-9-23-14(18-13)11-3-2-4-17-6-11/h2-4,6,9-10,12H,5,7-8H2,1H3,(H,21,22). The summed E-state index contributed by atoms with van der Waals surface area (Å²) in [6, 6.07) is 3.54. The van der Waals surface area contributed by atoms with E-state index in [4.69, 9.17) is 4.42 Å². The van der Waals surface area contributed by atoms with Crippen LogP contribution in [-0.2, 0) is 4.79 Å². The van der Waals surface area contributed by atoms with Crippen LogP contribution in [0, 0.1) is 11.8 Å². The molecule has 1 amide bonds.